The van der Waals surface area contributed by atoms with Crippen molar-refractivity contribution in [3.63, 3.8) is 0 Å². The Labute approximate surface area is 163 Å². The van der Waals surface area contributed by atoms with Gasteiger partial charge in [0.2, 0.25) is 0 Å². The van der Waals surface area contributed by atoms with Crippen molar-refractivity contribution in [1.82, 2.24) is 9.55 Å². The molecular formula is C19H15F3N2O4S. The zero-order valence-electron chi connectivity index (χ0n) is 15.0. The van der Waals surface area contributed by atoms with Crippen LogP contribution in [0.25, 0.3) is 23.2 Å². The Morgan fingerprint density at radius 2 is 1.79 bits per heavy atom. The Balaban J connectivity index is 2.01. The molecule has 1 N–H and O–H groups in total. The number of benzene rings is 2. The fourth-order valence-electron chi connectivity index (χ4n) is 2.80. The SMILES string of the molecule is CCn1c(/C=C/c2ccc(C(=O)O)cc2)nc2cc(S(=O)(=O)C(F)(F)F)ccc21. The number of sulfone groups is 1. The summed E-state index contributed by atoms with van der Waals surface area (Å²) in [6.45, 7) is 2.28. The summed E-state index contributed by atoms with van der Waals surface area (Å²) < 4.78 is 63.4. The number of fused-ring (bicyclic) bond motifs is 1. The average Bonchev–Trinajstić information content (AvgIpc) is 3.02. The molecule has 0 aliphatic heterocycles. The number of nitrogens with zero attached hydrogens (tertiary/aromatic N) is 2. The molecule has 29 heavy (non-hydrogen) atoms. The van der Waals surface area contributed by atoms with Crippen molar-refractivity contribution >= 4 is 39.0 Å². The highest BCUT2D eigenvalue weighted by Gasteiger charge is 2.47. The van der Waals surface area contributed by atoms with Crippen LogP contribution in [0.2, 0.25) is 0 Å². The number of carboxylic acid groups (broad SMARTS) is 1. The van der Waals surface area contributed by atoms with E-state index in [0.717, 1.165) is 12.1 Å². The molecule has 0 saturated heterocycles. The van der Waals surface area contributed by atoms with Crippen LogP contribution in [0, 0.1) is 0 Å². The number of alkyl halides is 3. The van der Waals surface area contributed by atoms with Gasteiger partial charge in [0, 0.05) is 6.54 Å². The van der Waals surface area contributed by atoms with Crippen molar-refractivity contribution in [3.05, 3.63) is 59.4 Å². The van der Waals surface area contributed by atoms with E-state index >= 15 is 0 Å². The number of imidazole rings is 1. The minimum atomic E-state index is -5.46. The van der Waals surface area contributed by atoms with E-state index in [2.05, 4.69) is 4.98 Å². The van der Waals surface area contributed by atoms with E-state index in [1.165, 1.54) is 18.2 Å². The Bertz CT molecular complexity index is 1210. The quantitative estimate of drug-likeness (QED) is 0.663. The number of hydrogen-bond donors (Lipinski definition) is 1. The molecule has 0 amide bonds. The molecule has 0 spiro atoms. The summed E-state index contributed by atoms with van der Waals surface area (Å²) >= 11 is 0. The summed E-state index contributed by atoms with van der Waals surface area (Å²) in [4.78, 5) is 14.3. The third kappa shape index (κ3) is 3.88. The third-order valence-corrected chi connectivity index (χ3v) is 5.75. The maximum atomic E-state index is 12.8. The molecule has 10 heteroatoms. The first-order valence-electron chi connectivity index (χ1n) is 8.37. The molecule has 0 aliphatic rings. The molecule has 0 unspecified atom stereocenters. The Kier molecular flexibility index (Phi) is 5.22. The van der Waals surface area contributed by atoms with Gasteiger partial charge in [-0.25, -0.2) is 18.2 Å². The predicted octanol–water partition coefficient (Wildman–Crippen LogP) is 4.22. The fourth-order valence-corrected chi connectivity index (χ4v) is 3.58. The second-order valence-electron chi connectivity index (χ2n) is 6.07. The molecule has 6 nitrogen and oxygen atoms in total. The summed E-state index contributed by atoms with van der Waals surface area (Å²) in [5.74, 6) is -0.621. The highest BCUT2D eigenvalue weighted by atomic mass is 32.2. The number of aryl methyl sites for hydroxylation is 1. The monoisotopic (exact) mass is 424 g/mol. The first kappa shape index (κ1) is 20.6. The van der Waals surface area contributed by atoms with Crippen molar-refractivity contribution in [1.29, 1.82) is 0 Å². The summed E-state index contributed by atoms with van der Waals surface area (Å²) in [7, 11) is -5.46. The molecule has 0 radical (unpaired) electrons. The van der Waals surface area contributed by atoms with E-state index < -0.39 is 26.2 Å². The van der Waals surface area contributed by atoms with Gasteiger partial charge in [-0.3, -0.25) is 0 Å². The van der Waals surface area contributed by atoms with Crippen LogP contribution in [0.4, 0.5) is 13.2 Å². The second-order valence-corrected chi connectivity index (χ2v) is 8.02. The number of carboxylic acids is 1. The molecule has 3 aromatic rings. The summed E-state index contributed by atoms with van der Waals surface area (Å²) in [5.41, 5.74) is -3.93. The largest absolute Gasteiger partial charge is 0.501 e. The smallest absolute Gasteiger partial charge is 0.478 e. The Morgan fingerprint density at radius 1 is 1.14 bits per heavy atom. The minimum absolute atomic E-state index is 0.123. The van der Waals surface area contributed by atoms with Crippen LogP contribution in [0.15, 0.2) is 47.4 Å². The van der Waals surface area contributed by atoms with Crippen LogP contribution in [-0.4, -0.2) is 34.6 Å². The topological polar surface area (TPSA) is 89.3 Å². The summed E-state index contributed by atoms with van der Waals surface area (Å²) in [6, 6.07) is 9.21. The van der Waals surface area contributed by atoms with Gasteiger partial charge in [0.1, 0.15) is 5.82 Å². The zero-order chi connectivity index (χ0) is 21.4. The number of carbonyl (C=O) groups is 1. The minimum Gasteiger partial charge on any atom is -0.478 e. The third-order valence-electron chi connectivity index (χ3n) is 4.26. The van der Waals surface area contributed by atoms with Crippen molar-refractivity contribution in [2.24, 2.45) is 0 Å². The normalized spacial score (nSPS) is 12.7. The van der Waals surface area contributed by atoms with E-state index in [9.17, 15) is 26.4 Å². The molecule has 0 aliphatic carbocycles. The average molecular weight is 424 g/mol. The van der Waals surface area contributed by atoms with Crippen LogP contribution in [0.5, 0.6) is 0 Å². The van der Waals surface area contributed by atoms with Crippen LogP contribution in [0.3, 0.4) is 0 Å². The highest BCUT2D eigenvalue weighted by molar-refractivity contribution is 7.92. The van der Waals surface area contributed by atoms with Gasteiger partial charge >= 0.3 is 11.5 Å². The highest BCUT2D eigenvalue weighted by Crippen LogP contribution is 2.32. The Hall–Kier alpha value is -3.14. The van der Waals surface area contributed by atoms with E-state index in [1.807, 2.05) is 6.92 Å². The van der Waals surface area contributed by atoms with Crippen molar-refractivity contribution in [3.8, 4) is 0 Å². The standard InChI is InChI=1S/C19H15F3N2O4S/c1-2-24-16-9-8-14(29(27,28)19(20,21)22)11-15(16)23-17(24)10-5-12-3-6-13(7-4-12)18(25)26/h3-11H,2H2,1H3,(H,25,26)/b10-5+. The van der Waals surface area contributed by atoms with Crippen LogP contribution < -0.4 is 0 Å². The molecule has 0 bridgehead atoms. The van der Waals surface area contributed by atoms with Gasteiger partial charge in [-0.2, -0.15) is 13.2 Å². The van der Waals surface area contributed by atoms with E-state index in [1.54, 1.807) is 28.9 Å². The van der Waals surface area contributed by atoms with Crippen molar-refractivity contribution < 1.29 is 31.5 Å². The first-order valence-corrected chi connectivity index (χ1v) is 9.86. The molecule has 2 aromatic carbocycles. The molecule has 1 aromatic heterocycles. The molecule has 0 saturated carbocycles. The van der Waals surface area contributed by atoms with Gasteiger partial charge in [0.15, 0.2) is 0 Å². The number of aromatic carboxylic acids is 1. The molecule has 152 valence electrons. The summed E-state index contributed by atoms with van der Waals surface area (Å²) in [5, 5.41) is 8.92. The maximum Gasteiger partial charge on any atom is 0.501 e. The first-order chi connectivity index (χ1) is 13.5. The molecule has 1 heterocycles. The van der Waals surface area contributed by atoms with Gasteiger partial charge in [-0.1, -0.05) is 18.2 Å². The van der Waals surface area contributed by atoms with Gasteiger partial charge < -0.3 is 9.67 Å². The van der Waals surface area contributed by atoms with E-state index in [4.69, 9.17) is 5.11 Å². The van der Waals surface area contributed by atoms with Gasteiger partial charge in [0.25, 0.3) is 9.84 Å². The van der Waals surface area contributed by atoms with Crippen molar-refractivity contribution in [2.45, 2.75) is 23.9 Å². The lowest BCUT2D eigenvalue weighted by Crippen LogP contribution is -2.23. The lowest BCUT2D eigenvalue weighted by Gasteiger charge is -2.08. The number of rotatable bonds is 5. The Morgan fingerprint density at radius 3 is 2.34 bits per heavy atom. The number of halogens is 3. The summed E-state index contributed by atoms with van der Waals surface area (Å²) in [6.07, 6.45) is 3.30. The fraction of sp³-hybridized carbons (Fsp3) is 0.158. The maximum absolute atomic E-state index is 12.8. The van der Waals surface area contributed by atoms with Gasteiger partial charge in [-0.05, 0) is 48.9 Å². The van der Waals surface area contributed by atoms with Crippen LogP contribution >= 0.6 is 0 Å². The zero-order valence-corrected chi connectivity index (χ0v) is 15.8. The van der Waals surface area contributed by atoms with Gasteiger partial charge in [0.05, 0.1) is 21.5 Å². The molecule has 3 rings (SSSR count). The van der Waals surface area contributed by atoms with E-state index in [0.29, 0.717) is 23.4 Å². The number of aromatic nitrogens is 2. The van der Waals surface area contributed by atoms with Gasteiger partial charge in [-0.15, -0.1) is 0 Å². The van der Waals surface area contributed by atoms with Crippen LogP contribution in [-0.2, 0) is 16.4 Å². The lowest BCUT2D eigenvalue weighted by atomic mass is 10.1. The molecule has 0 atom stereocenters. The predicted molar refractivity (Wildman–Crippen MR) is 101 cm³/mol. The van der Waals surface area contributed by atoms with E-state index in [-0.39, 0.29) is 11.1 Å². The lowest BCUT2D eigenvalue weighted by molar-refractivity contribution is -0.0436. The molecule has 0 fully saturated rings. The molecular weight excluding hydrogens is 409 g/mol. The van der Waals surface area contributed by atoms with Crippen LogP contribution in [0.1, 0.15) is 28.7 Å². The van der Waals surface area contributed by atoms with Crippen molar-refractivity contribution in [2.75, 3.05) is 0 Å². The second kappa shape index (κ2) is 7.36. The number of hydrogen-bond acceptors (Lipinski definition) is 4.